The molecule has 2 aromatic rings. The highest BCUT2D eigenvalue weighted by atomic mass is 16.5. The fraction of sp³-hybridized carbons (Fsp3) is 0.400. The molecule has 4 heteroatoms. The Morgan fingerprint density at radius 2 is 1.54 bits per heavy atom. The highest BCUT2D eigenvalue weighted by Crippen LogP contribution is 2.32. The van der Waals surface area contributed by atoms with Gasteiger partial charge in [0.1, 0.15) is 11.5 Å². The van der Waals surface area contributed by atoms with E-state index in [-0.39, 0.29) is 0 Å². The van der Waals surface area contributed by atoms with Crippen LogP contribution in [0.2, 0.25) is 0 Å². The Morgan fingerprint density at radius 3 is 2.21 bits per heavy atom. The Bertz CT molecular complexity index is 645. The second kappa shape index (κ2) is 7.95. The molecule has 0 unspecified atom stereocenters. The normalized spacial score (nSPS) is 20.2. The predicted molar refractivity (Wildman–Crippen MR) is 99.3 cm³/mol. The van der Waals surface area contributed by atoms with Crippen LogP contribution in [0.4, 0.5) is 11.4 Å². The van der Waals surface area contributed by atoms with Crippen molar-refractivity contribution in [2.24, 2.45) is 0 Å². The highest BCUT2D eigenvalue weighted by molar-refractivity contribution is 5.60. The van der Waals surface area contributed by atoms with Crippen LogP contribution in [0.25, 0.3) is 0 Å². The van der Waals surface area contributed by atoms with Gasteiger partial charge in [0, 0.05) is 23.8 Å². The molecule has 0 radical (unpaired) electrons. The summed E-state index contributed by atoms with van der Waals surface area (Å²) in [5.41, 5.74) is 2.20. The van der Waals surface area contributed by atoms with Gasteiger partial charge < -0.3 is 20.1 Å². The standard InChI is InChI=1S/C20H26N2O2/c1-23-16-12-13-19(20(14-16)24-2)22-18-11-7-6-10-17(18)21-15-8-4-3-5-9-15/h3-5,8-9,12-14,17-18,21-22H,6-7,10-11H2,1-2H3/t17-,18-/m0/s1. The van der Waals surface area contributed by atoms with Gasteiger partial charge in [-0.15, -0.1) is 0 Å². The summed E-state index contributed by atoms with van der Waals surface area (Å²) < 4.78 is 10.8. The largest absolute Gasteiger partial charge is 0.497 e. The van der Waals surface area contributed by atoms with Gasteiger partial charge in [-0.2, -0.15) is 0 Å². The Labute approximate surface area is 144 Å². The fourth-order valence-electron chi connectivity index (χ4n) is 3.34. The number of hydrogen-bond donors (Lipinski definition) is 2. The van der Waals surface area contributed by atoms with Gasteiger partial charge in [-0.05, 0) is 37.1 Å². The molecule has 3 rings (SSSR count). The third-order valence-corrected chi connectivity index (χ3v) is 4.64. The molecule has 1 aliphatic rings. The molecule has 2 N–H and O–H groups in total. The number of anilines is 2. The van der Waals surface area contributed by atoms with E-state index in [0.717, 1.165) is 23.6 Å². The molecule has 2 atom stereocenters. The number of hydrogen-bond acceptors (Lipinski definition) is 4. The molecule has 0 saturated heterocycles. The SMILES string of the molecule is COc1ccc(N[C@H]2CCCC[C@@H]2Nc2ccccc2)c(OC)c1. The van der Waals surface area contributed by atoms with Crippen LogP contribution in [0, 0.1) is 0 Å². The Morgan fingerprint density at radius 1 is 0.833 bits per heavy atom. The van der Waals surface area contributed by atoms with Crippen molar-refractivity contribution in [2.45, 2.75) is 37.8 Å². The molecule has 0 amide bonds. The predicted octanol–water partition coefficient (Wildman–Crippen LogP) is 4.54. The smallest absolute Gasteiger partial charge is 0.145 e. The van der Waals surface area contributed by atoms with Crippen LogP contribution in [0.5, 0.6) is 11.5 Å². The van der Waals surface area contributed by atoms with Crippen molar-refractivity contribution < 1.29 is 9.47 Å². The average Bonchev–Trinajstić information content (AvgIpc) is 2.64. The van der Waals surface area contributed by atoms with Gasteiger partial charge in [-0.1, -0.05) is 31.0 Å². The van der Waals surface area contributed by atoms with Crippen LogP contribution in [0.3, 0.4) is 0 Å². The Kier molecular flexibility index (Phi) is 5.47. The molecule has 1 saturated carbocycles. The Hall–Kier alpha value is -2.36. The quantitative estimate of drug-likeness (QED) is 0.818. The first kappa shape index (κ1) is 16.5. The van der Waals surface area contributed by atoms with E-state index in [1.54, 1.807) is 14.2 Å². The lowest BCUT2D eigenvalue weighted by atomic mass is 9.89. The maximum Gasteiger partial charge on any atom is 0.145 e. The number of benzene rings is 2. The molecule has 24 heavy (non-hydrogen) atoms. The van der Waals surface area contributed by atoms with Gasteiger partial charge in [-0.3, -0.25) is 0 Å². The highest BCUT2D eigenvalue weighted by Gasteiger charge is 2.25. The molecule has 0 bridgehead atoms. The maximum absolute atomic E-state index is 5.52. The zero-order valence-corrected chi connectivity index (χ0v) is 14.4. The summed E-state index contributed by atoms with van der Waals surface area (Å²) in [5, 5.41) is 7.36. The van der Waals surface area contributed by atoms with E-state index >= 15 is 0 Å². The van der Waals surface area contributed by atoms with Crippen molar-refractivity contribution in [1.82, 2.24) is 0 Å². The van der Waals surface area contributed by atoms with E-state index < -0.39 is 0 Å². The molecule has 1 fully saturated rings. The van der Waals surface area contributed by atoms with Crippen molar-refractivity contribution in [3.05, 3.63) is 48.5 Å². The van der Waals surface area contributed by atoms with Crippen LogP contribution in [-0.2, 0) is 0 Å². The topological polar surface area (TPSA) is 42.5 Å². The molecule has 0 aromatic heterocycles. The van der Waals surface area contributed by atoms with E-state index in [4.69, 9.17) is 9.47 Å². The monoisotopic (exact) mass is 326 g/mol. The molecule has 0 aliphatic heterocycles. The van der Waals surface area contributed by atoms with Crippen LogP contribution < -0.4 is 20.1 Å². The van der Waals surface area contributed by atoms with E-state index in [2.05, 4.69) is 34.9 Å². The minimum Gasteiger partial charge on any atom is -0.497 e. The molecular formula is C20H26N2O2. The first-order chi connectivity index (χ1) is 11.8. The van der Waals surface area contributed by atoms with Gasteiger partial charge in [0.25, 0.3) is 0 Å². The summed E-state index contributed by atoms with van der Waals surface area (Å²) in [7, 11) is 3.36. The van der Waals surface area contributed by atoms with Crippen molar-refractivity contribution in [2.75, 3.05) is 24.9 Å². The lowest BCUT2D eigenvalue weighted by molar-refractivity contribution is 0.392. The molecule has 4 nitrogen and oxygen atoms in total. The van der Waals surface area contributed by atoms with E-state index in [9.17, 15) is 0 Å². The van der Waals surface area contributed by atoms with Crippen molar-refractivity contribution in [1.29, 1.82) is 0 Å². The third kappa shape index (κ3) is 3.94. The van der Waals surface area contributed by atoms with Crippen molar-refractivity contribution in [3.63, 3.8) is 0 Å². The maximum atomic E-state index is 5.52. The van der Waals surface area contributed by atoms with Crippen molar-refractivity contribution in [3.8, 4) is 11.5 Å². The molecule has 0 spiro atoms. The number of rotatable bonds is 6. The van der Waals surface area contributed by atoms with E-state index in [0.29, 0.717) is 12.1 Å². The van der Waals surface area contributed by atoms with Crippen LogP contribution in [-0.4, -0.2) is 26.3 Å². The average molecular weight is 326 g/mol. The first-order valence-electron chi connectivity index (χ1n) is 8.60. The van der Waals surface area contributed by atoms with Crippen molar-refractivity contribution >= 4 is 11.4 Å². The van der Waals surface area contributed by atoms with E-state index in [1.807, 2.05) is 24.3 Å². The molecule has 128 valence electrons. The fourth-order valence-corrected chi connectivity index (χ4v) is 3.34. The third-order valence-electron chi connectivity index (χ3n) is 4.64. The van der Waals surface area contributed by atoms with Crippen LogP contribution in [0.15, 0.2) is 48.5 Å². The second-order valence-electron chi connectivity index (χ2n) is 6.22. The summed E-state index contributed by atoms with van der Waals surface area (Å²) in [4.78, 5) is 0. The van der Waals surface area contributed by atoms with E-state index in [1.165, 1.54) is 24.9 Å². The summed E-state index contributed by atoms with van der Waals surface area (Å²) >= 11 is 0. The van der Waals surface area contributed by atoms with Gasteiger partial charge in [0.2, 0.25) is 0 Å². The second-order valence-corrected chi connectivity index (χ2v) is 6.22. The Balaban J connectivity index is 1.74. The van der Waals surface area contributed by atoms with Crippen LogP contribution >= 0.6 is 0 Å². The minimum atomic E-state index is 0.376. The zero-order valence-electron chi connectivity index (χ0n) is 14.4. The molecular weight excluding hydrogens is 300 g/mol. The lowest BCUT2D eigenvalue weighted by Gasteiger charge is -2.34. The summed E-state index contributed by atoms with van der Waals surface area (Å²) in [6.45, 7) is 0. The first-order valence-corrected chi connectivity index (χ1v) is 8.60. The zero-order chi connectivity index (χ0) is 16.8. The van der Waals surface area contributed by atoms with Gasteiger partial charge in [0.15, 0.2) is 0 Å². The summed E-state index contributed by atoms with van der Waals surface area (Å²) in [6, 6.07) is 17.1. The van der Waals surface area contributed by atoms with Gasteiger partial charge in [-0.25, -0.2) is 0 Å². The summed E-state index contributed by atoms with van der Waals surface area (Å²) in [6.07, 6.45) is 4.84. The molecule has 2 aromatic carbocycles. The van der Waals surface area contributed by atoms with Gasteiger partial charge in [0.05, 0.1) is 19.9 Å². The lowest BCUT2D eigenvalue weighted by Crippen LogP contribution is -2.41. The van der Waals surface area contributed by atoms with Gasteiger partial charge >= 0.3 is 0 Å². The number of ether oxygens (including phenoxy) is 2. The minimum absolute atomic E-state index is 0.376. The molecule has 0 heterocycles. The number of para-hydroxylation sites is 1. The van der Waals surface area contributed by atoms with Crippen LogP contribution in [0.1, 0.15) is 25.7 Å². The number of methoxy groups -OCH3 is 2. The number of nitrogens with one attached hydrogen (secondary N) is 2. The molecule has 1 aliphatic carbocycles. The summed E-state index contributed by atoms with van der Waals surface area (Å²) in [5.74, 6) is 1.62.